The maximum absolute atomic E-state index is 13.3. The molecule has 3 rings (SSSR count). The third kappa shape index (κ3) is 4.50. The maximum atomic E-state index is 13.3. The van der Waals surface area contributed by atoms with Gasteiger partial charge in [-0.2, -0.15) is 0 Å². The van der Waals surface area contributed by atoms with Crippen LogP contribution in [0.2, 0.25) is 10.0 Å². The Balaban J connectivity index is 2.05. The van der Waals surface area contributed by atoms with Gasteiger partial charge in [0.1, 0.15) is 0 Å². The van der Waals surface area contributed by atoms with Gasteiger partial charge in [-0.1, -0.05) is 29.3 Å². The monoisotopic (exact) mass is 459 g/mol. The Labute approximate surface area is 189 Å². The number of nitrogens with zero attached hydrogens (tertiary/aromatic N) is 1. The summed E-state index contributed by atoms with van der Waals surface area (Å²) < 4.78 is 9.88. The van der Waals surface area contributed by atoms with Gasteiger partial charge in [0.05, 0.1) is 40.5 Å². The topological polar surface area (TPSA) is 72.9 Å². The van der Waals surface area contributed by atoms with Crippen LogP contribution in [0.15, 0.2) is 59.3 Å². The van der Waals surface area contributed by atoms with Crippen LogP contribution in [0, 0.1) is 0 Å². The zero-order chi connectivity index (χ0) is 22.7. The van der Waals surface area contributed by atoms with Crippen LogP contribution in [0.1, 0.15) is 29.8 Å². The first-order chi connectivity index (χ1) is 14.8. The minimum atomic E-state index is -0.636. The summed E-state index contributed by atoms with van der Waals surface area (Å²) in [5, 5.41) is 0.706. The summed E-state index contributed by atoms with van der Waals surface area (Å²) in [5.74, 6) is -1.50. The van der Waals surface area contributed by atoms with Gasteiger partial charge in [0.15, 0.2) is 0 Å². The largest absolute Gasteiger partial charge is 0.465 e. The van der Waals surface area contributed by atoms with Gasteiger partial charge in [-0.05, 0) is 61.9 Å². The first-order valence-electron chi connectivity index (χ1n) is 9.36. The minimum absolute atomic E-state index is 0.146. The highest BCUT2D eigenvalue weighted by molar-refractivity contribution is 6.42. The van der Waals surface area contributed by atoms with Crippen LogP contribution in [0.5, 0.6) is 0 Å². The molecule has 160 valence electrons. The van der Waals surface area contributed by atoms with Crippen LogP contribution in [0.4, 0.5) is 5.69 Å². The number of methoxy groups -OCH3 is 1. The maximum Gasteiger partial charge on any atom is 0.340 e. The molecule has 2 aromatic rings. The lowest BCUT2D eigenvalue weighted by Crippen LogP contribution is -2.24. The van der Waals surface area contributed by atoms with Crippen molar-refractivity contribution in [2.75, 3.05) is 18.6 Å². The van der Waals surface area contributed by atoms with E-state index in [2.05, 4.69) is 0 Å². The molecule has 31 heavy (non-hydrogen) atoms. The Kier molecular flexibility index (Phi) is 6.83. The van der Waals surface area contributed by atoms with E-state index in [4.69, 9.17) is 32.7 Å². The predicted octanol–water partition coefficient (Wildman–Crippen LogP) is 5.05. The molecule has 0 saturated heterocycles. The molecule has 0 bridgehead atoms. The van der Waals surface area contributed by atoms with Crippen molar-refractivity contribution in [1.29, 1.82) is 0 Å². The molecule has 0 unspecified atom stereocenters. The molecular weight excluding hydrogens is 441 g/mol. The molecule has 0 spiro atoms. The van der Waals surface area contributed by atoms with Crippen LogP contribution in [0.3, 0.4) is 0 Å². The Morgan fingerprint density at radius 1 is 1.03 bits per heavy atom. The quantitative estimate of drug-likeness (QED) is 0.462. The van der Waals surface area contributed by atoms with Gasteiger partial charge in [0.25, 0.3) is 5.91 Å². The lowest BCUT2D eigenvalue weighted by Gasteiger charge is -2.18. The second-order valence-electron chi connectivity index (χ2n) is 6.59. The van der Waals surface area contributed by atoms with E-state index in [0.29, 0.717) is 32.6 Å². The van der Waals surface area contributed by atoms with Crippen molar-refractivity contribution in [1.82, 2.24) is 0 Å². The van der Waals surface area contributed by atoms with E-state index in [1.807, 2.05) is 0 Å². The van der Waals surface area contributed by atoms with E-state index in [1.165, 1.54) is 12.0 Å². The van der Waals surface area contributed by atoms with Crippen molar-refractivity contribution >= 4 is 52.8 Å². The number of amides is 1. The molecule has 0 aromatic heterocycles. The van der Waals surface area contributed by atoms with Crippen molar-refractivity contribution in [2.24, 2.45) is 0 Å². The molecule has 8 heteroatoms. The van der Waals surface area contributed by atoms with Gasteiger partial charge in [0, 0.05) is 11.4 Å². The fraction of sp³-hybridized carbons (Fsp3) is 0.174. The van der Waals surface area contributed by atoms with E-state index in [-0.39, 0.29) is 17.8 Å². The van der Waals surface area contributed by atoms with Crippen molar-refractivity contribution in [2.45, 2.75) is 13.8 Å². The number of ether oxygens (including phenoxy) is 2. The standard InChI is InChI=1S/C23H19Cl2NO5/c1-4-31-22(28)15-6-8-16(9-7-15)26-13(2)20(23(29)30-3)17(21(26)27)11-14-5-10-18(24)19(25)12-14/h5-12H,4H2,1-3H3/b17-11-. The van der Waals surface area contributed by atoms with E-state index >= 15 is 0 Å². The Morgan fingerprint density at radius 3 is 2.29 bits per heavy atom. The summed E-state index contributed by atoms with van der Waals surface area (Å²) in [5.41, 5.74) is 2.18. The number of allylic oxidation sites excluding steroid dienone is 1. The number of hydrogen-bond acceptors (Lipinski definition) is 5. The number of carbonyl (C=O) groups is 3. The molecular formula is C23H19Cl2NO5. The summed E-state index contributed by atoms with van der Waals surface area (Å²) in [6, 6.07) is 11.3. The van der Waals surface area contributed by atoms with E-state index in [9.17, 15) is 14.4 Å². The Bertz CT molecular complexity index is 1120. The number of benzene rings is 2. The molecule has 6 nitrogen and oxygen atoms in total. The Morgan fingerprint density at radius 2 is 1.71 bits per heavy atom. The number of esters is 2. The first-order valence-corrected chi connectivity index (χ1v) is 10.1. The molecule has 2 aromatic carbocycles. The summed E-state index contributed by atoms with van der Waals surface area (Å²) in [4.78, 5) is 39.0. The van der Waals surface area contributed by atoms with E-state index < -0.39 is 17.8 Å². The highest BCUT2D eigenvalue weighted by atomic mass is 35.5. The summed E-state index contributed by atoms with van der Waals surface area (Å²) in [6.45, 7) is 3.64. The zero-order valence-corrected chi connectivity index (χ0v) is 18.6. The van der Waals surface area contributed by atoms with Gasteiger partial charge in [-0.15, -0.1) is 0 Å². The van der Waals surface area contributed by atoms with Gasteiger partial charge >= 0.3 is 11.9 Å². The summed E-state index contributed by atoms with van der Waals surface area (Å²) in [7, 11) is 1.25. The average molecular weight is 460 g/mol. The number of halogens is 2. The molecule has 0 N–H and O–H groups in total. The van der Waals surface area contributed by atoms with E-state index in [1.54, 1.807) is 62.4 Å². The van der Waals surface area contributed by atoms with Gasteiger partial charge in [-0.25, -0.2) is 9.59 Å². The number of carbonyl (C=O) groups excluding carboxylic acids is 3. The summed E-state index contributed by atoms with van der Waals surface area (Å²) >= 11 is 12.0. The smallest absolute Gasteiger partial charge is 0.340 e. The third-order valence-electron chi connectivity index (χ3n) is 4.68. The highest BCUT2D eigenvalue weighted by Crippen LogP contribution is 2.36. The normalized spacial score (nSPS) is 14.9. The Hall–Kier alpha value is -3.09. The molecule has 0 fully saturated rings. The van der Waals surface area contributed by atoms with Crippen molar-refractivity contribution in [3.8, 4) is 0 Å². The van der Waals surface area contributed by atoms with Crippen LogP contribution in [-0.2, 0) is 19.1 Å². The molecule has 1 heterocycles. The molecule has 0 aliphatic carbocycles. The first kappa shape index (κ1) is 22.6. The van der Waals surface area contributed by atoms with Crippen LogP contribution < -0.4 is 4.90 Å². The molecule has 0 atom stereocenters. The lowest BCUT2D eigenvalue weighted by atomic mass is 10.0. The molecule has 0 saturated carbocycles. The van der Waals surface area contributed by atoms with E-state index in [0.717, 1.165) is 0 Å². The fourth-order valence-corrected chi connectivity index (χ4v) is 3.53. The number of hydrogen-bond donors (Lipinski definition) is 0. The molecule has 1 aliphatic heterocycles. The minimum Gasteiger partial charge on any atom is -0.465 e. The summed E-state index contributed by atoms with van der Waals surface area (Å²) in [6.07, 6.45) is 1.56. The van der Waals surface area contributed by atoms with Crippen molar-refractivity contribution in [3.05, 3.63) is 80.5 Å². The number of anilines is 1. The fourth-order valence-electron chi connectivity index (χ4n) is 3.22. The van der Waals surface area contributed by atoms with Crippen LogP contribution in [-0.4, -0.2) is 31.6 Å². The third-order valence-corrected chi connectivity index (χ3v) is 5.42. The second-order valence-corrected chi connectivity index (χ2v) is 7.41. The highest BCUT2D eigenvalue weighted by Gasteiger charge is 2.38. The van der Waals surface area contributed by atoms with Crippen LogP contribution in [0.25, 0.3) is 6.08 Å². The second kappa shape index (κ2) is 9.37. The molecule has 1 amide bonds. The van der Waals surface area contributed by atoms with Crippen molar-refractivity contribution in [3.63, 3.8) is 0 Å². The van der Waals surface area contributed by atoms with Crippen molar-refractivity contribution < 1.29 is 23.9 Å². The van der Waals surface area contributed by atoms with Gasteiger partial charge in [0.2, 0.25) is 0 Å². The van der Waals surface area contributed by atoms with Gasteiger partial charge < -0.3 is 9.47 Å². The molecule has 1 aliphatic rings. The SMILES string of the molecule is CCOC(=O)c1ccc(N2C(=O)/C(=C\c3ccc(Cl)c(Cl)c3)C(C(=O)OC)=C2C)cc1. The van der Waals surface area contributed by atoms with Gasteiger partial charge in [-0.3, -0.25) is 9.69 Å². The predicted molar refractivity (Wildman–Crippen MR) is 119 cm³/mol. The average Bonchev–Trinajstić information content (AvgIpc) is 3.00. The number of rotatable bonds is 5. The lowest BCUT2D eigenvalue weighted by molar-refractivity contribution is -0.136. The molecule has 0 radical (unpaired) electrons. The zero-order valence-electron chi connectivity index (χ0n) is 17.1. The van der Waals surface area contributed by atoms with Crippen LogP contribution >= 0.6 is 23.2 Å².